The zero-order valence-corrected chi connectivity index (χ0v) is 9.45. The Bertz CT molecular complexity index is 311. The number of aliphatic hydroxyl groups is 1. The van der Waals surface area contributed by atoms with Crippen LogP contribution in [0.4, 0.5) is 0 Å². The Morgan fingerprint density at radius 2 is 1.93 bits per heavy atom. The van der Waals surface area contributed by atoms with E-state index in [4.69, 9.17) is 5.11 Å². The summed E-state index contributed by atoms with van der Waals surface area (Å²) in [6, 6.07) is 8.87. The highest BCUT2D eigenvalue weighted by Gasteiger charge is 2.21. The van der Waals surface area contributed by atoms with Crippen LogP contribution in [0.5, 0.6) is 0 Å². The van der Waals surface area contributed by atoms with E-state index in [9.17, 15) is 0 Å². The van der Waals surface area contributed by atoms with Crippen LogP contribution in [0.1, 0.15) is 42.7 Å². The molecule has 0 bridgehead atoms. The van der Waals surface area contributed by atoms with Crippen molar-refractivity contribution < 1.29 is 5.11 Å². The normalized spacial score (nSPS) is 26.5. The molecule has 1 heteroatoms. The number of rotatable bonds is 2. The molecule has 0 atom stereocenters. The van der Waals surface area contributed by atoms with Gasteiger partial charge in [0.15, 0.2) is 0 Å². The van der Waals surface area contributed by atoms with E-state index in [0.29, 0.717) is 12.5 Å². The van der Waals surface area contributed by atoms with Crippen LogP contribution in [0.2, 0.25) is 0 Å². The summed E-state index contributed by atoms with van der Waals surface area (Å²) in [5, 5.41) is 9.09. The van der Waals surface area contributed by atoms with E-state index >= 15 is 0 Å². The third kappa shape index (κ3) is 2.60. The monoisotopic (exact) mass is 204 g/mol. The van der Waals surface area contributed by atoms with Crippen molar-refractivity contribution in [2.75, 3.05) is 6.61 Å². The van der Waals surface area contributed by atoms with Gasteiger partial charge in [0.2, 0.25) is 0 Å². The summed E-state index contributed by atoms with van der Waals surface area (Å²) in [5.74, 6) is 1.29. The third-order valence-corrected chi connectivity index (χ3v) is 3.62. The molecule has 1 aliphatic carbocycles. The molecule has 0 aromatic heterocycles. The van der Waals surface area contributed by atoms with Gasteiger partial charge in [-0.05, 0) is 50.0 Å². The maximum absolute atomic E-state index is 9.09. The maximum atomic E-state index is 9.09. The fraction of sp³-hybridized carbons (Fsp3) is 0.571. The molecule has 1 saturated carbocycles. The number of aryl methyl sites for hydroxylation is 1. The summed E-state index contributed by atoms with van der Waals surface area (Å²) < 4.78 is 0. The zero-order valence-electron chi connectivity index (χ0n) is 9.45. The number of hydrogen-bond acceptors (Lipinski definition) is 1. The van der Waals surface area contributed by atoms with E-state index in [2.05, 4.69) is 31.2 Å². The van der Waals surface area contributed by atoms with Gasteiger partial charge in [0, 0.05) is 6.61 Å². The van der Waals surface area contributed by atoms with E-state index < -0.39 is 0 Å². The predicted molar refractivity (Wildman–Crippen MR) is 63.0 cm³/mol. The second kappa shape index (κ2) is 4.80. The number of hydrogen-bond donors (Lipinski definition) is 1. The quantitative estimate of drug-likeness (QED) is 0.784. The van der Waals surface area contributed by atoms with E-state index in [-0.39, 0.29) is 0 Å². The molecule has 0 saturated heterocycles. The number of benzene rings is 1. The minimum atomic E-state index is 0.376. The second-order valence-electron chi connectivity index (χ2n) is 4.81. The van der Waals surface area contributed by atoms with Crippen LogP contribution in [0, 0.1) is 12.8 Å². The van der Waals surface area contributed by atoms with Crippen molar-refractivity contribution in [1.29, 1.82) is 0 Å². The first kappa shape index (κ1) is 10.7. The third-order valence-electron chi connectivity index (χ3n) is 3.62. The Hall–Kier alpha value is -0.820. The van der Waals surface area contributed by atoms with Gasteiger partial charge in [-0.15, -0.1) is 0 Å². The summed E-state index contributed by atoms with van der Waals surface area (Å²) in [5.41, 5.74) is 2.85. The van der Waals surface area contributed by atoms with Crippen LogP contribution < -0.4 is 0 Å². The van der Waals surface area contributed by atoms with E-state index in [0.717, 1.165) is 5.92 Å². The molecule has 0 heterocycles. The van der Waals surface area contributed by atoms with Gasteiger partial charge < -0.3 is 5.11 Å². The van der Waals surface area contributed by atoms with Crippen molar-refractivity contribution in [2.24, 2.45) is 5.92 Å². The molecule has 0 amide bonds. The Morgan fingerprint density at radius 3 is 2.53 bits per heavy atom. The lowest BCUT2D eigenvalue weighted by Crippen LogP contribution is -2.16. The van der Waals surface area contributed by atoms with Gasteiger partial charge in [0.25, 0.3) is 0 Å². The zero-order chi connectivity index (χ0) is 10.7. The minimum absolute atomic E-state index is 0.376. The SMILES string of the molecule is Cc1cccc(C2CCC(CO)CC2)c1. The summed E-state index contributed by atoms with van der Waals surface area (Å²) in [4.78, 5) is 0. The van der Waals surface area contributed by atoms with Gasteiger partial charge in [-0.2, -0.15) is 0 Å². The molecule has 1 fully saturated rings. The van der Waals surface area contributed by atoms with Crippen molar-refractivity contribution in [1.82, 2.24) is 0 Å². The first-order chi connectivity index (χ1) is 7.29. The Morgan fingerprint density at radius 1 is 1.20 bits per heavy atom. The molecule has 0 radical (unpaired) electrons. The van der Waals surface area contributed by atoms with Crippen molar-refractivity contribution >= 4 is 0 Å². The highest BCUT2D eigenvalue weighted by Crippen LogP contribution is 2.35. The fourth-order valence-electron chi connectivity index (χ4n) is 2.60. The Kier molecular flexibility index (Phi) is 3.42. The summed E-state index contributed by atoms with van der Waals surface area (Å²) in [6.07, 6.45) is 4.87. The van der Waals surface area contributed by atoms with Crippen LogP contribution in [-0.4, -0.2) is 11.7 Å². The van der Waals surface area contributed by atoms with Gasteiger partial charge in [-0.1, -0.05) is 29.8 Å². The lowest BCUT2D eigenvalue weighted by Gasteiger charge is -2.27. The highest BCUT2D eigenvalue weighted by molar-refractivity contribution is 5.25. The van der Waals surface area contributed by atoms with Crippen LogP contribution in [0.25, 0.3) is 0 Å². The molecule has 2 rings (SSSR count). The van der Waals surface area contributed by atoms with Gasteiger partial charge in [-0.25, -0.2) is 0 Å². The molecule has 0 spiro atoms. The lowest BCUT2D eigenvalue weighted by atomic mass is 9.79. The van der Waals surface area contributed by atoms with Crippen LogP contribution in [-0.2, 0) is 0 Å². The van der Waals surface area contributed by atoms with Crippen LogP contribution >= 0.6 is 0 Å². The van der Waals surface area contributed by atoms with E-state index in [1.54, 1.807) is 0 Å². The molecule has 1 aromatic rings. The summed E-state index contributed by atoms with van der Waals surface area (Å²) >= 11 is 0. The van der Waals surface area contributed by atoms with Gasteiger partial charge in [0.05, 0.1) is 0 Å². The fourth-order valence-corrected chi connectivity index (χ4v) is 2.60. The maximum Gasteiger partial charge on any atom is 0.0459 e. The smallest absolute Gasteiger partial charge is 0.0459 e. The van der Waals surface area contributed by atoms with Gasteiger partial charge in [0.1, 0.15) is 0 Å². The molecule has 82 valence electrons. The first-order valence-corrected chi connectivity index (χ1v) is 5.97. The molecule has 15 heavy (non-hydrogen) atoms. The number of aliphatic hydroxyl groups excluding tert-OH is 1. The van der Waals surface area contributed by atoms with Crippen molar-refractivity contribution in [3.8, 4) is 0 Å². The van der Waals surface area contributed by atoms with Gasteiger partial charge >= 0.3 is 0 Å². The highest BCUT2D eigenvalue weighted by atomic mass is 16.3. The molecule has 0 aliphatic heterocycles. The second-order valence-corrected chi connectivity index (χ2v) is 4.81. The molecule has 1 aromatic carbocycles. The Labute approximate surface area is 92.1 Å². The van der Waals surface area contributed by atoms with Crippen molar-refractivity contribution in [3.63, 3.8) is 0 Å². The van der Waals surface area contributed by atoms with Crippen LogP contribution in [0.3, 0.4) is 0 Å². The molecular weight excluding hydrogens is 184 g/mol. The minimum Gasteiger partial charge on any atom is -0.396 e. The molecular formula is C14H20O. The van der Waals surface area contributed by atoms with E-state index in [1.165, 1.54) is 36.8 Å². The predicted octanol–water partition coefficient (Wildman–Crippen LogP) is 3.26. The average molecular weight is 204 g/mol. The van der Waals surface area contributed by atoms with Crippen molar-refractivity contribution in [3.05, 3.63) is 35.4 Å². The topological polar surface area (TPSA) is 20.2 Å². The Balaban J connectivity index is 2.01. The largest absolute Gasteiger partial charge is 0.396 e. The van der Waals surface area contributed by atoms with Crippen molar-refractivity contribution in [2.45, 2.75) is 38.5 Å². The molecule has 1 N–H and O–H groups in total. The molecule has 1 nitrogen and oxygen atoms in total. The lowest BCUT2D eigenvalue weighted by molar-refractivity contribution is 0.182. The summed E-state index contributed by atoms with van der Waals surface area (Å²) in [6.45, 7) is 2.53. The standard InChI is InChI=1S/C14H20O/c1-11-3-2-4-14(9-11)13-7-5-12(10-15)6-8-13/h2-4,9,12-13,15H,5-8,10H2,1H3. The van der Waals surface area contributed by atoms with E-state index in [1.807, 2.05) is 0 Å². The first-order valence-electron chi connectivity index (χ1n) is 5.97. The average Bonchev–Trinajstić information content (AvgIpc) is 2.29. The molecule has 1 aliphatic rings. The summed E-state index contributed by atoms with van der Waals surface area (Å²) in [7, 11) is 0. The van der Waals surface area contributed by atoms with Crippen LogP contribution in [0.15, 0.2) is 24.3 Å². The van der Waals surface area contributed by atoms with Gasteiger partial charge in [-0.3, -0.25) is 0 Å². The molecule has 0 unspecified atom stereocenters.